The summed E-state index contributed by atoms with van der Waals surface area (Å²) in [6.07, 6.45) is 0. The van der Waals surface area contributed by atoms with Crippen LogP contribution in [0.15, 0.2) is 54.6 Å². The topological polar surface area (TPSA) is 56.1 Å². The van der Waals surface area contributed by atoms with Crippen LogP contribution in [0.2, 0.25) is 0 Å². The molecule has 3 aromatic rings. The number of nitrogens with one attached hydrogen (secondary N) is 1. The molecule has 2 aromatic carbocycles. The van der Waals surface area contributed by atoms with Crippen molar-refractivity contribution in [3.05, 3.63) is 71.5 Å². The molecule has 1 N–H and O–H groups in total. The zero-order valence-electron chi connectivity index (χ0n) is 15.3. The first kappa shape index (κ1) is 17.7. The third kappa shape index (κ3) is 3.61. The fraction of sp³-hybridized carbons (Fsp3) is 0.238. The van der Waals surface area contributed by atoms with Crippen LogP contribution in [-0.2, 0) is 6.54 Å². The standard InChI is InChI=1S/C21H23N3O2/c1-15-20(17-9-5-4-6-10-17)16(2)24(23-15)14-13-22-21(25)18-11-7-8-12-19(18)26-3/h4-12H,13-14H2,1-3H3,(H,22,25). The van der Waals surface area contributed by atoms with Crippen molar-refractivity contribution >= 4 is 5.91 Å². The van der Waals surface area contributed by atoms with Gasteiger partial charge in [-0.2, -0.15) is 5.10 Å². The number of carbonyl (C=O) groups is 1. The van der Waals surface area contributed by atoms with Crippen LogP contribution >= 0.6 is 0 Å². The molecule has 1 amide bonds. The first-order valence-electron chi connectivity index (χ1n) is 8.62. The second-order valence-corrected chi connectivity index (χ2v) is 6.09. The predicted molar refractivity (Wildman–Crippen MR) is 102 cm³/mol. The quantitative estimate of drug-likeness (QED) is 0.740. The Hall–Kier alpha value is -3.08. The Kier molecular flexibility index (Phi) is 5.37. The van der Waals surface area contributed by atoms with Crippen molar-refractivity contribution in [2.24, 2.45) is 0 Å². The second kappa shape index (κ2) is 7.87. The van der Waals surface area contributed by atoms with Crippen LogP contribution in [0, 0.1) is 13.8 Å². The Morgan fingerprint density at radius 1 is 1.08 bits per heavy atom. The highest BCUT2D eigenvalue weighted by Crippen LogP contribution is 2.26. The molecule has 3 rings (SSSR count). The number of benzene rings is 2. The number of para-hydroxylation sites is 1. The summed E-state index contributed by atoms with van der Waals surface area (Å²) in [5, 5.41) is 7.57. The maximum atomic E-state index is 12.4. The summed E-state index contributed by atoms with van der Waals surface area (Å²) in [6.45, 7) is 5.18. The Morgan fingerprint density at radius 2 is 1.77 bits per heavy atom. The summed E-state index contributed by atoms with van der Waals surface area (Å²) in [7, 11) is 1.56. The lowest BCUT2D eigenvalue weighted by atomic mass is 10.0. The van der Waals surface area contributed by atoms with E-state index in [1.165, 1.54) is 0 Å². The van der Waals surface area contributed by atoms with Crippen LogP contribution in [0.5, 0.6) is 5.75 Å². The van der Waals surface area contributed by atoms with E-state index in [4.69, 9.17) is 4.74 Å². The smallest absolute Gasteiger partial charge is 0.255 e. The summed E-state index contributed by atoms with van der Waals surface area (Å²) in [6, 6.07) is 17.4. The fourth-order valence-corrected chi connectivity index (χ4v) is 3.14. The first-order chi connectivity index (χ1) is 12.6. The summed E-state index contributed by atoms with van der Waals surface area (Å²) in [4.78, 5) is 12.4. The third-order valence-electron chi connectivity index (χ3n) is 4.40. The molecule has 5 heteroatoms. The lowest BCUT2D eigenvalue weighted by molar-refractivity contribution is 0.0949. The average Bonchev–Trinajstić information content (AvgIpc) is 2.95. The Morgan fingerprint density at radius 3 is 2.50 bits per heavy atom. The maximum Gasteiger partial charge on any atom is 0.255 e. The molecule has 134 valence electrons. The van der Waals surface area contributed by atoms with Gasteiger partial charge in [-0.3, -0.25) is 9.48 Å². The number of methoxy groups -OCH3 is 1. The highest BCUT2D eigenvalue weighted by atomic mass is 16.5. The van der Waals surface area contributed by atoms with Gasteiger partial charge in [0, 0.05) is 17.8 Å². The molecule has 0 radical (unpaired) electrons. The van der Waals surface area contributed by atoms with Crippen molar-refractivity contribution in [1.29, 1.82) is 0 Å². The number of aromatic nitrogens is 2. The van der Waals surface area contributed by atoms with Gasteiger partial charge in [-0.15, -0.1) is 0 Å². The number of ether oxygens (including phenoxy) is 1. The summed E-state index contributed by atoms with van der Waals surface area (Å²) < 4.78 is 7.18. The van der Waals surface area contributed by atoms with Crippen molar-refractivity contribution in [3.63, 3.8) is 0 Å². The molecule has 0 fully saturated rings. The van der Waals surface area contributed by atoms with E-state index in [2.05, 4.69) is 29.5 Å². The van der Waals surface area contributed by atoms with Crippen LogP contribution < -0.4 is 10.1 Å². The van der Waals surface area contributed by atoms with Gasteiger partial charge in [0.1, 0.15) is 5.75 Å². The van der Waals surface area contributed by atoms with Gasteiger partial charge in [-0.1, -0.05) is 42.5 Å². The SMILES string of the molecule is COc1ccccc1C(=O)NCCn1nc(C)c(-c2ccccc2)c1C. The largest absolute Gasteiger partial charge is 0.496 e. The fourth-order valence-electron chi connectivity index (χ4n) is 3.14. The van der Waals surface area contributed by atoms with Crippen molar-refractivity contribution < 1.29 is 9.53 Å². The monoisotopic (exact) mass is 349 g/mol. The number of amides is 1. The van der Waals surface area contributed by atoms with E-state index < -0.39 is 0 Å². The number of rotatable bonds is 6. The van der Waals surface area contributed by atoms with Crippen LogP contribution in [-0.4, -0.2) is 29.3 Å². The zero-order chi connectivity index (χ0) is 18.5. The summed E-state index contributed by atoms with van der Waals surface area (Å²) in [5.74, 6) is 0.426. The van der Waals surface area contributed by atoms with E-state index in [-0.39, 0.29) is 5.91 Å². The van der Waals surface area contributed by atoms with Gasteiger partial charge in [-0.25, -0.2) is 0 Å². The van der Waals surface area contributed by atoms with E-state index in [0.29, 0.717) is 24.4 Å². The molecule has 0 saturated carbocycles. The molecule has 0 atom stereocenters. The predicted octanol–water partition coefficient (Wildman–Crippen LogP) is 3.61. The van der Waals surface area contributed by atoms with Crippen LogP contribution in [0.3, 0.4) is 0 Å². The highest BCUT2D eigenvalue weighted by Gasteiger charge is 2.14. The number of nitrogens with zero attached hydrogens (tertiary/aromatic N) is 2. The number of hydrogen-bond acceptors (Lipinski definition) is 3. The third-order valence-corrected chi connectivity index (χ3v) is 4.40. The van der Waals surface area contributed by atoms with Crippen molar-refractivity contribution in [2.45, 2.75) is 20.4 Å². The van der Waals surface area contributed by atoms with Gasteiger partial charge in [0.25, 0.3) is 5.91 Å². The van der Waals surface area contributed by atoms with Crippen molar-refractivity contribution in [2.75, 3.05) is 13.7 Å². The van der Waals surface area contributed by atoms with Crippen LogP contribution in [0.25, 0.3) is 11.1 Å². The first-order valence-corrected chi connectivity index (χ1v) is 8.62. The molecule has 0 aliphatic carbocycles. The molecule has 5 nitrogen and oxygen atoms in total. The molecule has 0 aliphatic heterocycles. The van der Waals surface area contributed by atoms with Gasteiger partial charge < -0.3 is 10.1 Å². The number of carbonyl (C=O) groups excluding carboxylic acids is 1. The molecular formula is C21H23N3O2. The van der Waals surface area contributed by atoms with Gasteiger partial charge in [0.2, 0.25) is 0 Å². The molecule has 0 aliphatic rings. The number of aryl methyl sites for hydroxylation is 1. The van der Waals surface area contributed by atoms with E-state index >= 15 is 0 Å². The normalized spacial score (nSPS) is 10.6. The van der Waals surface area contributed by atoms with E-state index in [9.17, 15) is 4.79 Å². The second-order valence-electron chi connectivity index (χ2n) is 6.09. The zero-order valence-corrected chi connectivity index (χ0v) is 15.3. The van der Waals surface area contributed by atoms with Gasteiger partial charge >= 0.3 is 0 Å². The lowest BCUT2D eigenvalue weighted by Crippen LogP contribution is -2.28. The minimum atomic E-state index is -0.146. The summed E-state index contributed by atoms with van der Waals surface area (Å²) >= 11 is 0. The van der Waals surface area contributed by atoms with Gasteiger partial charge in [0.15, 0.2) is 0 Å². The van der Waals surface area contributed by atoms with E-state index in [1.807, 2.05) is 41.9 Å². The lowest BCUT2D eigenvalue weighted by Gasteiger charge is -2.10. The minimum absolute atomic E-state index is 0.146. The maximum absolute atomic E-state index is 12.4. The van der Waals surface area contributed by atoms with Gasteiger partial charge in [-0.05, 0) is 31.5 Å². The summed E-state index contributed by atoms with van der Waals surface area (Å²) in [5.41, 5.74) is 4.94. The van der Waals surface area contributed by atoms with Crippen molar-refractivity contribution in [3.8, 4) is 16.9 Å². The molecule has 0 saturated heterocycles. The molecule has 0 spiro atoms. The van der Waals surface area contributed by atoms with E-state index in [0.717, 1.165) is 22.5 Å². The van der Waals surface area contributed by atoms with Gasteiger partial charge in [0.05, 0.1) is 24.9 Å². The van der Waals surface area contributed by atoms with E-state index in [1.54, 1.807) is 19.2 Å². The van der Waals surface area contributed by atoms with Crippen molar-refractivity contribution in [1.82, 2.24) is 15.1 Å². The molecule has 1 aromatic heterocycles. The molecule has 0 unspecified atom stereocenters. The number of hydrogen-bond donors (Lipinski definition) is 1. The Bertz CT molecular complexity index is 901. The Labute approximate surface area is 153 Å². The molecular weight excluding hydrogens is 326 g/mol. The Balaban J connectivity index is 1.68. The molecule has 26 heavy (non-hydrogen) atoms. The van der Waals surface area contributed by atoms with Crippen LogP contribution in [0.1, 0.15) is 21.7 Å². The van der Waals surface area contributed by atoms with Crippen LogP contribution in [0.4, 0.5) is 0 Å². The molecule has 1 heterocycles. The average molecular weight is 349 g/mol. The molecule has 0 bridgehead atoms. The minimum Gasteiger partial charge on any atom is -0.496 e. The highest BCUT2D eigenvalue weighted by molar-refractivity contribution is 5.96.